The van der Waals surface area contributed by atoms with Gasteiger partial charge in [0, 0.05) is 6.20 Å². The van der Waals surface area contributed by atoms with Gasteiger partial charge in [0.25, 0.3) is 0 Å². The molecule has 0 aliphatic rings. The quantitative estimate of drug-likeness (QED) is 0.382. The molecule has 0 fully saturated rings. The molecule has 3 nitrogen and oxygen atoms in total. The number of halogens is 17. The lowest BCUT2D eigenvalue weighted by Gasteiger charge is -2.42. The van der Waals surface area contributed by atoms with Crippen LogP contribution in [0, 0.1) is 6.92 Å². The Morgan fingerprint density at radius 3 is 1.40 bits per heavy atom. The fraction of sp³-hybridized carbons (Fsp3) is 0.600. The second-order valence-electron chi connectivity index (χ2n) is 6.64. The first-order chi connectivity index (χ1) is 15.2. The molecule has 0 atom stereocenters. The van der Waals surface area contributed by atoms with Crippen molar-refractivity contribution in [2.45, 2.75) is 54.6 Å². The highest BCUT2D eigenvalue weighted by molar-refractivity contribution is 5.96. The second kappa shape index (κ2) is 8.24. The van der Waals surface area contributed by atoms with Gasteiger partial charge in [-0.1, -0.05) is 6.07 Å². The molecule has 202 valence electrons. The topological polar surface area (TPSA) is 42.0 Å². The van der Waals surface area contributed by atoms with Crippen molar-refractivity contribution in [2.24, 2.45) is 0 Å². The zero-order chi connectivity index (χ0) is 28.3. The van der Waals surface area contributed by atoms with Gasteiger partial charge in [0.15, 0.2) is 0 Å². The lowest BCUT2D eigenvalue weighted by molar-refractivity contribution is -0.459. The molecule has 0 saturated heterocycles. The number of hydrogen-bond acceptors (Lipinski definition) is 2. The van der Waals surface area contributed by atoms with E-state index < -0.39 is 59.4 Å². The fourth-order valence-electron chi connectivity index (χ4n) is 2.11. The first kappa shape index (κ1) is 30.5. The monoisotopic (exact) mass is 554 g/mol. The minimum Gasteiger partial charge on any atom is -0.305 e. The van der Waals surface area contributed by atoms with E-state index in [9.17, 15) is 79.4 Å². The zero-order valence-corrected chi connectivity index (χ0v) is 16.0. The summed E-state index contributed by atoms with van der Waals surface area (Å²) in [5, 5.41) is 0.731. The number of amides is 1. The predicted octanol–water partition coefficient (Wildman–Crippen LogP) is 6.34. The Balaban J connectivity index is 3.60. The highest BCUT2D eigenvalue weighted by Crippen LogP contribution is 2.63. The van der Waals surface area contributed by atoms with Crippen LogP contribution >= 0.6 is 0 Å². The maximum atomic E-state index is 13.8. The van der Waals surface area contributed by atoms with Crippen LogP contribution in [0.3, 0.4) is 0 Å². The first-order valence-electron chi connectivity index (χ1n) is 8.10. The number of pyridine rings is 1. The molecule has 0 aliphatic heterocycles. The number of nitrogens with zero attached hydrogens (tertiary/aromatic N) is 1. The third-order valence-corrected chi connectivity index (χ3v) is 4.25. The number of alkyl halides is 17. The Morgan fingerprint density at radius 2 is 1.03 bits per heavy atom. The van der Waals surface area contributed by atoms with Gasteiger partial charge >= 0.3 is 53.5 Å². The Kier molecular flexibility index (Phi) is 7.17. The molecule has 0 bridgehead atoms. The molecule has 0 radical (unpaired) electrons. The van der Waals surface area contributed by atoms with E-state index in [2.05, 4.69) is 4.98 Å². The number of nitrogens with one attached hydrogen (secondary N) is 1. The van der Waals surface area contributed by atoms with Gasteiger partial charge in [0.1, 0.15) is 5.82 Å². The molecule has 1 aromatic rings. The summed E-state index contributed by atoms with van der Waals surface area (Å²) in [6, 6.07) is 1.98. The van der Waals surface area contributed by atoms with Gasteiger partial charge in [-0.05, 0) is 18.6 Å². The summed E-state index contributed by atoms with van der Waals surface area (Å²) in [5.41, 5.74) is -0.349. The van der Waals surface area contributed by atoms with Crippen molar-refractivity contribution in [3.05, 3.63) is 23.9 Å². The van der Waals surface area contributed by atoms with Gasteiger partial charge in [-0.25, -0.2) is 4.98 Å². The Bertz CT molecular complexity index is 953. The standard InChI is InChI=1S/C15H7F17N2O/c1-5-3-2-4-33-6(5)34-7(35)8(16,17)9(18,19)10(20,21)11(22,23)12(24,25)13(26,27)14(28,29)15(30,31)32/h2-4H,1H3,(H,33,34,35). The molecule has 1 heterocycles. The van der Waals surface area contributed by atoms with E-state index in [-0.39, 0.29) is 5.56 Å². The van der Waals surface area contributed by atoms with Crippen LogP contribution < -0.4 is 5.32 Å². The van der Waals surface area contributed by atoms with Crippen LogP contribution in [0.4, 0.5) is 80.5 Å². The SMILES string of the molecule is Cc1cccnc1NC(=O)C(F)(F)C(F)(F)C(F)(F)C(F)(F)C(F)(F)C(F)(F)C(F)(F)C(F)(F)F. The van der Waals surface area contributed by atoms with Crippen LogP contribution in [0.1, 0.15) is 5.56 Å². The van der Waals surface area contributed by atoms with E-state index in [1.165, 1.54) is 0 Å². The minimum atomic E-state index is -8.75. The van der Waals surface area contributed by atoms with Crippen molar-refractivity contribution < 1.29 is 79.4 Å². The molecular weight excluding hydrogens is 547 g/mol. The molecule has 0 spiro atoms. The van der Waals surface area contributed by atoms with Gasteiger partial charge in [0.2, 0.25) is 0 Å². The maximum Gasteiger partial charge on any atom is 0.460 e. The molecule has 20 heteroatoms. The summed E-state index contributed by atoms with van der Waals surface area (Å²) in [6.07, 6.45) is -7.15. The van der Waals surface area contributed by atoms with E-state index in [4.69, 9.17) is 0 Å². The summed E-state index contributed by atoms with van der Waals surface area (Å²) in [4.78, 5) is 14.5. The van der Waals surface area contributed by atoms with Gasteiger partial charge in [-0.3, -0.25) is 4.79 Å². The summed E-state index contributed by atoms with van der Waals surface area (Å²) >= 11 is 0. The molecular formula is C15H7F17N2O. The highest BCUT2D eigenvalue weighted by Gasteiger charge is 2.95. The number of aromatic nitrogens is 1. The molecule has 1 aromatic heterocycles. The highest BCUT2D eigenvalue weighted by atomic mass is 19.4. The Labute approximate surface area is 181 Å². The summed E-state index contributed by atoms with van der Waals surface area (Å²) in [6.45, 7) is 0.936. The minimum absolute atomic E-state index is 0.349. The average Bonchev–Trinajstić information content (AvgIpc) is 2.67. The van der Waals surface area contributed by atoms with Crippen molar-refractivity contribution >= 4 is 11.7 Å². The molecule has 1 N–H and O–H groups in total. The Hall–Kier alpha value is -2.57. The molecule has 35 heavy (non-hydrogen) atoms. The van der Waals surface area contributed by atoms with E-state index >= 15 is 0 Å². The number of anilines is 1. The lowest BCUT2D eigenvalue weighted by atomic mass is 9.89. The maximum absolute atomic E-state index is 13.8. The second-order valence-corrected chi connectivity index (χ2v) is 6.64. The Morgan fingerprint density at radius 1 is 0.657 bits per heavy atom. The third kappa shape index (κ3) is 4.11. The number of aryl methyl sites for hydroxylation is 1. The first-order valence-corrected chi connectivity index (χ1v) is 8.10. The third-order valence-electron chi connectivity index (χ3n) is 4.25. The van der Waals surface area contributed by atoms with E-state index in [1.54, 1.807) is 0 Å². The van der Waals surface area contributed by atoms with Crippen LogP contribution in [-0.2, 0) is 4.79 Å². The average molecular weight is 554 g/mol. The summed E-state index contributed by atoms with van der Waals surface area (Å²) < 4.78 is 224. The number of carbonyl (C=O) groups is 1. The van der Waals surface area contributed by atoms with Crippen molar-refractivity contribution in [3.8, 4) is 0 Å². The van der Waals surface area contributed by atoms with Crippen molar-refractivity contribution in [1.82, 2.24) is 4.98 Å². The predicted molar refractivity (Wildman–Crippen MR) is 78.3 cm³/mol. The van der Waals surface area contributed by atoms with E-state index in [0.29, 0.717) is 6.20 Å². The summed E-state index contributed by atoms with van der Waals surface area (Å²) in [7, 11) is 0. The van der Waals surface area contributed by atoms with Gasteiger partial charge in [-0.15, -0.1) is 0 Å². The van der Waals surface area contributed by atoms with Crippen molar-refractivity contribution in [1.29, 1.82) is 0 Å². The summed E-state index contributed by atoms with van der Waals surface area (Å²) in [5.74, 6) is -62.9. The molecule has 0 aromatic carbocycles. The van der Waals surface area contributed by atoms with E-state index in [0.717, 1.165) is 24.4 Å². The van der Waals surface area contributed by atoms with Gasteiger partial charge in [-0.2, -0.15) is 74.6 Å². The number of hydrogen-bond donors (Lipinski definition) is 1. The van der Waals surface area contributed by atoms with Gasteiger partial charge < -0.3 is 5.32 Å². The molecule has 0 unspecified atom stereocenters. The normalized spacial score (nSPS) is 15.3. The molecule has 1 rings (SSSR count). The smallest absolute Gasteiger partial charge is 0.305 e. The van der Waals surface area contributed by atoms with E-state index in [1.807, 2.05) is 0 Å². The fourth-order valence-corrected chi connectivity index (χ4v) is 2.11. The number of carbonyl (C=O) groups excluding carboxylic acids is 1. The molecule has 1 amide bonds. The van der Waals surface area contributed by atoms with Crippen molar-refractivity contribution in [3.63, 3.8) is 0 Å². The van der Waals surface area contributed by atoms with Crippen LogP contribution in [0.2, 0.25) is 0 Å². The lowest BCUT2D eigenvalue weighted by Crippen LogP contribution is -2.75. The van der Waals surface area contributed by atoms with Gasteiger partial charge in [0.05, 0.1) is 0 Å². The zero-order valence-electron chi connectivity index (χ0n) is 16.0. The van der Waals surface area contributed by atoms with Crippen LogP contribution in [0.25, 0.3) is 0 Å². The molecule has 0 aliphatic carbocycles. The van der Waals surface area contributed by atoms with Crippen LogP contribution in [0.15, 0.2) is 18.3 Å². The van der Waals surface area contributed by atoms with Crippen molar-refractivity contribution in [2.75, 3.05) is 5.32 Å². The number of rotatable bonds is 8. The van der Waals surface area contributed by atoms with Crippen LogP contribution in [-0.4, -0.2) is 58.5 Å². The largest absolute Gasteiger partial charge is 0.460 e. The van der Waals surface area contributed by atoms with Crippen LogP contribution in [0.5, 0.6) is 0 Å². The molecule has 0 saturated carbocycles.